The van der Waals surface area contributed by atoms with Crippen molar-refractivity contribution in [1.29, 1.82) is 0 Å². The Morgan fingerprint density at radius 2 is 2.00 bits per heavy atom. The van der Waals surface area contributed by atoms with Gasteiger partial charge in [-0.2, -0.15) is 0 Å². The molecule has 1 N–H and O–H groups in total. The summed E-state index contributed by atoms with van der Waals surface area (Å²) in [7, 11) is -3.33. The number of nitrogens with zero attached hydrogens (tertiary/aromatic N) is 1. The summed E-state index contributed by atoms with van der Waals surface area (Å²) in [6, 6.07) is 3.16. The zero-order valence-electron chi connectivity index (χ0n) is 13.8. The molecule has 22 heavy (non-hydrogen) atoms. The summed E-state index contributed by atoms with van der Waals surface area (Å²) >= 11 is 0. The van der Waals surface area contributed by atoms with Gasteiger partial charge in [-0.3, -0.25) is 4.79 Å². The molecule has 0 radical (unpaired) electrons. The lowest BCUT2D eigenvalue weighted by Gasteiger charge is -2.25. The number of nitrogens with one attached hydrogen (secondary N) is 1. The van der Waals surface area contributed by atoms with Crippen LogP contribution >= 0.6 is 0 Å². The number of sulfonamides is 1. The highest BCUT2D eigenvalue weighted by Gasteiger charge is 2.23. The molecule has 0 bridgehead atoms. The second kappa shape index (κ2) is 7.78. The van der Waals surface area contributed by atoms with E-state index in [0.717, 1.165) is 25.5 Å². The van der Waals surface area contributed by atoms with Crippen LogP contribution in [0.3, 0.4) is 0 Å². The summed E-state index contributed by atoms with van der Waals surface area (Å²) < 4.78 is 32.2. The van der Waals surface area contributed by atoms with E-state index in [4.69, 9.17) is 4.74 Å². The lowest BCUT2D eigenvalue weighted by Crippen LogP contribution is -2.47. The molecule has 0 saturated carbocycles. The Morgan fingerprint density at radius 3 is 2.55 bits per heavy atom. The Bertz CT molecular complexity index is 635. The molecule has 6 nitrogen and oxygen atoms in total. The van der Waals surface area contributed by atoms with E-state index < -0.39 is 15.6 Å². The zero-order valence-corrected chi connectivity index (χ0v) is 14.6. The van der Waals surface area contributed by atoms with Gasteiger partial charge in [0.15, 0.2) is 0 Å². The van der Waals surface area contributed by atoms with E-state index in [-0.39, 0.29) is 12.1 Å². The molecule has 0 saturated heterocycles. The Hall–Kier alpha value is -1.34. The molecule has 1 aromatic heterocycles. The topological polar surface area (TPSA) is 77.4 Å². The molecule has 0 aromatic carbocycles. The van der Waals surface area contributed by atoms with Gasteiger partial charge in [-0.15, -0.1) is 0 Å². The minimum absolute atomic E-state index is 0.212. The van der Waals surface area contributed by atoms with Crippen molar-refractivity contribution in [2.24, 2.45) is 0 Å². The average Bonchev–Trinajstić information content (AvgIpc) is 2.34. The summed E-state index contributed by atoms with van der Waals surface area (Å²) in [6.07, 6.45) is 5.91. The van der Waals surface area contributed by atoms with Gasteiger partial charge in [-0.25, -0.2) is 13.1 Å². The summed E-state index contributed by atoms with van der Waals surface area (Å²) in [4.78, 5) is 12.1. The van der Waals surface area contributed by atoms with Crippen LogP contribution in [-0.2, 0) is 16.6 Å². The molecule has 0 amide bonds. The quantitative estimate of drug-likeness (QED) is 0.700. The molecule has 0 aliphatic rings. The van der Waals surface area contributed by atoms with Crippen molar-refractivity contribution in [3.63, 3.8) is 0 Å². The van der Waals surface area contributed by atoms with Gasteiger partial charge in [0.2, 0.25) is 10.0 Å². The standard InChI is InChI=1S/C15H26N2O4S/c1-5-6-7-10-21-13-8-9-17(14(18)11-13)12-15(2,3)16-22(4,19)20/h8-9,11,16H,5-7,10,12H2,1-4H3. The van der Waals surface area contributed by atoms with Gasteiger partial charge in [-0.05, 0) is 26.3 Å². The van der Waals surface area contributed by atoms with Crippen LogP contribution < -0.4 is 15.0 Å². The van der Waals surface area contributed by atoms with Gasteiger partial charge < -0.3 is 9.30 Å². The number of hydrogen-bond acceptors (Lipinski definition) is 4. The molecular weight excluding hydrogens is 304 g/mol. The van der Waals surface area contributed by atoms with Crippen LogP contribution in [0.4, 0.5) is 0 Å². The second-order valence-corrected chi connectivity index (χ2v) is 7.89. The number of aromatic nitrogens is 1. The number of rotatable bonds is 9. The van der Waals surface area contributed by atoms with Crippen molar-refractivity contribution in [3.8, 4) is 5.75 Å². The first kappa shape index (κ1) is 18.7. The fourth-order valence-electron chi connectivity index (χ4n) is 2.21. The number of ether oxygens (including phenoxy) is 1. The Balaban J connectivity index is 2.71. The maximum absolute atomic E-state index is 12.1. The summed E-state index contributed by atoms with van der Waals surface area (Å²) in [5.74, 6) is 0.547. The largest absolute Gasteiger partial charge is 0.493 e. The Morgan fingerprint density at radius 1 is 1.32 bits per heavy atom. The Labute approximate surface area is 132 Å². The first-order valence-corrected chi connectivity index (χ1v) is 9.34. The third-order valence-corrected chi connectivity index (χ3v) is 3.93. The van der Waals surface area contributed by atoms with Gasteiger partial charge in [-0.1, -0.05) is 19.8 Å². The fourth-order valence-corrected chi connectivity index (χ4v) is 3.28. The molecule has 0 aliphatic carbocycles. The highest BCUT2D eigenvalue weighted by Crippen LogP contribution is 2.10. The molecule has 0 unspecified atom stereocenters. The molecule has 1 heterocycles. The molecule has 0 atom stereocenters. The van der Waals surface area contributed by atoms with Crippen molar-refractivity contribution in [2.45, 2.75) is 52.1 Å². The van der Waals surface area contributed by atoms with E-state index in [0.29, 0.717) is 12.4 Å². The molecule has 126 valence electrons. The summed E-state index contributed by atoms with van der Waals surface area (Å²) in [5, 5.41) is 0. The van der Waals surface area contributed by atoms with Gasteiger partial charge in [0.05, 0.1) is 12.9 Å². The SMILES string of the molecule is CCCCCOc1ccn(CC(C)(C)NS(C)(=O)=O)c(=O)c1. The molecule has 1 rings (SSSR count). The van der Waals surface area contributed by atoms with E-state index >= 15 is 0 Å². The number of pyridine rings is 1. The van der Waals surface area contributed by atoms with Gasteiger partial charge in [0.1, 0.15) is 5.75 Å². The lowest BCUT2D eigenvalue weighted by molar-refractivity contribution is 0.304. The second-order valence-electron chi connectivity index (χ2n) is 6.14. The third kappa shape index (κ3) is 7.09. The average molecular weight is 330 g/mol. The smallest absolute Gasteiger partial charge is 0.254 e. The van der Waals surface area contributed by atoms with E-state index in [1.54, 1.807) is 26.1 Å². The van der Waals surface area contributed by atoms with E-state index in [1.807, 2.05) is 0 Å². The van der Waals surface area contributed by atoms with Gasteiger partial charge in [0.25, 0.3) is 5.56 Å². The molecule has 0 fully saturated rings. The van der Waals surface area contributed by atoms with E-state index in [9.17, 15) is 13.2 Å². The maximum Gasteiger partial charge on any atom is 0.254 e. The van der Waals surface area contributed by atoms with Crippen molar-refractivity contribution in [3.05, 3.63) is 28.7 Å². The van der Waals surface area contributed by atoms with Crippen molar-refractivity contribution >= 4 is 10.0 Å². The van der Waals surface area contributed by atoms with Crippen LogP contribution in [-0.4, -0.2) is 31.4 Å². The van der Waals surface area contributed by atoms with Crippen LogP contribution in [0.25, 0.3) is 0 Å². The number of hydrogen-bond donors (Lipinski definition) is 1. The molecule has 0 spiro atoms. The van der Waals surface area contributed by atoms with Crippen molar-refractivity contribution in [1.82, 2.24) is 9.29 Å². The first-order chi connectivity index (χ1) is 10.1. The van der Waals surface area contributed by atoms with Crippen LogP contribution in [0, 0.1) is 0 Å². The Kier molecular flexibility index (Phi) is 6.62. The van der Waals surface area contributed by atoms with Crippen LogP contribution in [0.15, 0.2) is 23.1 Å². The molecular formula is C15H26N2O4S. The lowest BCUT2D eigenvalue weighted by atomic mass is 10.1. The first-order valence-electron chi connectivity index (χ1n) is 7.45. The minimum Gasteiger partial charge on any atom is -0.493 e. The molecule has 1 aromatic rings. The van der Waals surface area contributed by atoms with Crippen LogP contribution in [0.2, 0.25) is 0 Å². The van der Waals surface area contributed by atoms with E-state index in [1.165, 1.54) is 10.6 Å². The fraction of sp³-hybridized carbons (Fsp3) is 0.667. The predicted octanol–water partition coefficient (Wildman–Crippen LogP) is 1.75. The van der Waals surface area contributed by atoms with Gasteiger partial charge >= 0.3 is 0 Å². The number of unbranched alkanes of at least 4 members (excludes halogenated alkanes) is 2. The van der Waals surface area contributed by atoms with Crippen molar-refractivity contribution in [2.75, 3.05) is 12.9 Å². The molecule has 0 aliphatic heterocycles. The van der Waals surface area contributed by atoms with Crippen LogP contribution in [0.5, 0.6) is 5.75 Å². The highest BCUT2D eigenvalue weighted by atomic mass is 32.2. The monoisotopic (exact) mass is 330 g/mol. The minimum atomic E-state index is -3.33. The zero-order chi connectivity index (χ0) is 16.8. The summed E-state index contributed by atoms with van der Waals surface area (Å²) in [6.45, 7) is 6.42. The normalized spacial score (nSPS) is 12.4. The highest BCUT2D eigenvalue weighted by molar-refractivity contribution is 7.88. The predicted molar refractivity (Wildman–Crippen MR) is 87.8 cm³/mol. The maximum atomic E-state index is 12.1. The van der Waals surface area contributed by atoms with Crippen LogP contribution in [0.1, 0.15) is 40.0 Å². The van der Waals surface area contributed by atoms with E-state index in [2.05, 4.69) is 11.6 Å². The van der Waals surface area contributed by atoms with Crippen molar-refractivity contribution < 1.29 is 13.2 Å². The van der Waals surface area contributed by atoms with Gasteiger partial charge in [0, 0.05) is 24.3 Å². The molecule has 7 heteroatoms. The third-order valence-electron chi connectivity index (χ3n) is 3.01. The summed E-state index contributed by atoms with van der Waals surface area (Å²) in [5.41, 5.74) is -0.961.